The van der Waals surface area contributed by atoms with Crippen molar-refractivity contribution in [3.63, 3.8) is 0 Å². The summed E-state index contributed by atoms with van der Waals surface area (Å²) in [4.78, 5) is 36.9. The second kappa shape index (κ2) is 9.94. The van der Waals surface area contributed by atoms with Gasteiger partial charge in [0.2, 0.25) is 0 Å². The van der Waals surface area contributed by atoms with Gasteiger partial charge in [-0.1, -0.05) is 12.1 Å². The molecule has 0 aliphatic carbocycles. The minimum Gasteiger partial charge on any atom is -0.460 e. The number of esters is 2. The van der Waals surface area contributed by atoms with Crippen LogP contribution < -0.4 is 5.32 Å². The van der Waals surface area contributed by atoms with E-state index in [1.165, 1.54) is 12.1 Å². The summed E-state index contributed by atoms with van der Waals surface area (Å²) in [5, 5.41) is 14.3. The molecule has 0 amide bonds. The molecule has 1 aliphatic heterocycles. The van der Waals surface area contributed by atoms with Crippen LogP contribution in [-0.4, -0.2) is 29.1 Å². The Morgan fingerprint density at radius 1 is 0.971 bits per heavy atom. The Balaban J connectivity index is 2.13. The zero-order chi connectivity index (χ0) is 25.2. The molecule has 0 atom stereocenters. The summed E-state index contributed by atoms with van der Waals surface area (Å²) in [6.45, 7) is 10.4. The van der Waals surface area contributed by atoms with E-state index in [1.807, 2.05) is 0 Å². The van der Waals surface area contributed by atoms with Crippen molar-refractivity contribution >= 4 is 17.6 Å². The van der Waals surface area contributed by atoms with Gasteiger partial charge in [0.25, 0.3) is 5.69 Å². The maximum Gasteiger partial charge on any atom is 0.337 e. The van der Waals surface area contributed by atoms with Gasteiger partial charge in [-0.2, -0.15) is 0 Å². The van der Waals surface area contributed by atoms with Crippen molar-refractivity contribution in [3.05, 3.63) is 74.8 Å². The number of carbonyl (C=O) groups is 2. The molecule has 2 aromatic rings. The average Bonchev–Trinajstić information content (AvgIpc) is 3.22. The SMILES string of the molecule is CC1=C(C(=O)OC(C)C)C(c2ccc(-c3cccc([N+](=O)[O-])c3)o2)C(C(=O)OC(C)C)=C(C)N1. The van der Waals surface area contributed by atoms with E-state index >= 15 is 0 Å². The number of rotatable bonds is 7. The summed E-state index contributed by atoms with van der Waals surface area (Å²) in [5.74, 6) is -1.37. The lowest BCUT2D eigenvalue weighted by atomic mass is 9.83. The highest BCUT2D eigenvalue weighted by molar-refractivity contribution is 5.99. The van der Waals surface area contributed by atoms with Gasteiger partial charge >= 0.3 is 11.9 Å². The summed E-state index contributed by atoms with van der Waals surface area (Å²) < 4.78 is 17.0. The van der Waals surface area contributed by atoms with Crippen LogP contribution in [-0.2, 0) is 19.1 Å². The number of hydrogen-bond acceptors (Lipinski definition) is 8. The van der Waals surface area contributed by atoms with Crippen molar-refractivity contribution in [1.82, 2.24) is 5.32 Å². The number of nitrogens with one attached hydrogen (secondary N) is 1. The highest BCUT2D eigenvalue weighted by atomic mass is 16.6. The standard InChI is InChI=1S/C25H28N2O7/c1-13(2)32-24(28)21-15(5)26-16(6)22(25(29)33-14(3)4)23(21)20-11-10-19(34-20)17-8-7-9-18(12-17)27(30)31/h7-14,23,26H,1-6H3. The normalized spacial score (nSPS) is 14.5. The first-order valence-corrected chi connectivity index (χ1v) is 10.9. The van der Waals surface area contributed by atoms with E-state index in [1.54, 1.807) is 65.8 Å². The Hall–Kier alpha value is -3.88. The number of nitro benzene ring substituents is 1. The smallest absolute Gasteiger partial charge is 0.337 e. The number of non-ortho nitro benzene ring substituents is 1. The van der Waals surface area contributed by atoms with Gasteiger partial charge in [0.05, 0.1) is 34.2 Å². The van der Waals surface area contributed by atoms with E-state index in [2.05, 4.69) is 5.32 Å². The highest BCUT2D eigenvalue weighted by Crippen LogP contribution is 2.41. The molecule has 9 nitrogen and oxygen atoms in total. The topological polar surface area (TPSA) is 121 Å². The molecule has 1 aliphatic rings. The monoisotopic (exact) mass is 468 g/mol. The van der Waals surface area contributed by atoms with Crippen molar-refractivity contribution in [1.29, 1.82) is 0 Å². The minimum absolute atomic E-state index is 0.0776. The van der Waals surface area contributed by atoms with Crippen molar-refractivity contribution < 1.29 is 28.4 Å². The number of hydrogen-bond donors (Lipinski definition) is 1. The molecule has 180 valence electrons. The summed E-state index contributed by atoms with van der Waals surface area (Å²) in [7, 11) is 0. The van der Waals surface area contributed by atoms with Gasteiger partial charge < -0.3 is 19.2 Å². The molecule has 3 rings (SSSR count). The molecule has 1 aromatic carbocycles. The van der Waals surface area contributed by atoms with E-state index in [4.69, 9.17) is 13.9 Å². The number of allylic oxidation sites excluding steroid dienone is 2. The molecule has 1 aromatic heterocycles. The van der Waals surface area contributed by atoms with Crippen molar-refractivity contribution in [2.45, 2.75) is 59.7 Å². The highest BCUT2D eigenvalue weighted by Gasteiger charge is 2.40. The van der Waals surface area contributed by atoms with Gasteiger partial charge in [0, 0.05) is 29.1 Å². The minimum atomic E-state index is -0.883. The van der Waals surface area contributed by atoms with Crippen molar-refractivity contribution in [3.8, 4) is 11.3 Å². The van der Waals surface area contributed by atoms with Gasteiger partial charge in [-0.3, -0.25) is 10.1 Å². The van der Waals surface area contributed by atoms with Crippen LogP contribution in [0, 0.1) is 10.1 Å². The zero-order valence-corrected chi connectivity index (χ0v) is 20.0. The maximum absolute atomic E-state index is 13.1. The molecular weight excluding hydrogens is 440 g/mol. The summed E-state index contributed by atoms with van der Waals surface area (Å²) in [6.07, 6.45) is -0.743. The van der Waals surface area contributed by atoms with E-state index < -0.39 is 22.8 Å². The van der Waals surface area contributed by atoms with Gasteiger partial charge in [-0.25, -0.2) is 9.59 Å². The number of ether oxygens (including phenoxy) is 2. The quantitative estimate of drug-likeness (QED) is 0.343. The number of nitrogens with zero attached hydrogens (tertiary/aromatic N) is 1. The predicted molar refractivity (Wildman–Crippen MR) is 125 cm³/mol. The number of benzene rings is 1. The third-order valence-electron chi connectivity index (χ3n) is 5.14. The molecule has 0 radical (unpaired) electrons. The molecule has 1 N–H and O–H groups in total. The maximum atomic E-state index is 13.1. The lowest BCUT2D eigenvalue weighted by molar-refractivity contribution is -0.384. The lowest BCUT2D eigenvalue weighted by Crippen LogP contribution is -2.33. The van der Waals surface area contributed by atoms with Crippen LogP contribution in [0.4, 0.5) is 5.69 Å². The molecule has 0 spiro atoms. The van der Waals surface area contributed by atoms with E-state index in [0.717, 1.165) is 0 Å². The Bertz CT molecular complexity index is 1140. The third kappa shape index (κ3) is 5.19. The molecule has 34 heavy (non-hydrogen) atoms. The second-order valence-corrected chi connectivity index (χ2v) is 8.55. The lowest BCUT2D eigenvalue weighted by Gasteiger charge is -2.29. The van der Waals surface area contributed by atoms with Crippen LogP contribution in [0.2, 0.25) is 0 Å². The third-order valence-corrected chi connectivity index (χ3v) is 5.14. The Labute approximate surface area is 197 Å². The van der Waals surface area contributed by atoms with Gasteiger partial charge in [0.1, 0.15) is 11.5 Å². The molecule has 0 fully saturated rings. The molecule has 0 saturated heterocycles. The summed E-state index contributed by atoms with van der Waals surface area (Å²) in [6, 6.07) is 9.33. The first-order valence-electron chi connectivity index (χ1n) is 10.9. The van der Waals surface area contributed by atoms with Crippen molar-refractivity contribution in [2.75, 3.05) is 0 Å². The number of furan rings is 1. The van der Waals surface area contributed by atoms with Gasteiger partial charge in [-0.15, -0.1) is 0 Å². The number of dihydropyridines is 1. The van der Waals surface area contributed by atoms with Gasteiger partial charge in [0.15, 0.2) is 0 Å². The summed E-state index contributed by atoms with van der Waals surface area (Å²) >= 11 is 0. The molecule has 0 unspecified atom stereocenters. The fourth-order valence-electron chi connectivity index (χ4n) is 3.81. The fourth-order valence-corrected chi connectivity index (χ4v) is 3.81. The first kappa shape index (κ1) is 24.8. The predicted octanol–water partition coefficient (Wildman–Crippen LogP) is 4.99. The number of nitro groups is 1. The molecule has 0 bridgehead atoms. The van der Waals surface area contributed by atoms with Crippen LogP contribution in [0.25, 0.3) is 11.3 Å². The first-order chi connectivity index (χ1) is 16.0. The molecule has 0 saturated carbocycles. The van der Waals surface area contributed by atoms with Crippen LogP contribution in [0.15, 0.2) is 63.4 Å². The van der Waals surface area contributed by atoms with Crippen LogP contribution in [0.5, 0.6) is 0 Å². The van der Waals surface area contributed by atoms with Crippen molar-refractivity contribution in [2.24, 2.45) is 0 Å². The Kier molecular flexibility index (Phi) is 7.24. The van der Waals surface area contributed by atoms with E-state index in [9.17, 15) is 19.7 Å². The second-order valence-electron chi connectivity index (χ2n) is 8.55. The molecule has 2 heterocycles. The molecule has 9 heteroatoms. The average molecular weight is 469 g/mol. The largest absolute Gasteiger partial charge is 0.460 e. The van der Waals surface area contributed by atoms with Crippen LogP contribution in [0.1, 0.15) is 53.2 Å². The number of carbonyl (C=O) groups excluding carboxylic acids is 2. The van der Waals surface area contributed by atoms with E-state index in [0.29, 0.717) is 28.5 Å². The van der Waals surface area contributed by atoms with Gasteiger partial charge in [-0.05, 0) is 53.7 Å². The zero-order valence-electron chi connectivity index (χ0n) is 20.0. The van der Waals surface area contributed by atoms with Crippen LogP contribution >= 0.6 is 0 Å². The molecular formula is C25H28N2O7. The van der Waals surface area contributed by atoms with Crippen LogP contribution in [0.3, 0.4) is 0 Å². The Morgan fingerprint density at radius 2 is 1.53 bits per heavy atom. The van der Waals surface area contributed by atoms with E-state index in [-0.39, 0.29) is 29.0 Å². The Morgan fingerprint density at radius 3 is 2.03 bits per heavy atom. The fraction of sp³-hybridized carbons (Fsp3) is 0.360. The summed E-state index contributed by atoms with van der Waals surface area (Å²) in [5.41, 5.74) is 1.94.